The molecule has 3 N–H and O–H groups in total. The van der Waals surface area contributed by atoms with Gasteiger partial charge in [0.2, 0.25) is 0 Å². The average molecular weight is 250 g/mol. The van der Waals surface area contributed by atoms with Crippen molar-refractivity contribution in [1.29, 1.82) is 0 Å². The van der Waals surface area contributed by atoms with Crippen LogP contribution in [0.25, 0.3) is 0 Å². The second-order valence-electron chi connectivity index (χ2n) is 4.80. The number of thioether (sulfide) groups is 1. The Labute approximate surface area is 108 Å². The summed E-state index contributed by atoms with van der Waals surface area (Å²) in [6, 6.07) is 7.28. The molecule has 0 radical (unpaired) electrons. The van der Waals surface area contributed by atoms with E-state index in [9.17, 15) is 0 Å². The molecule has 1 heterocycles. The largest absolute Gasteiger partial charge is 0.330 e. The monoisotopic (exact) mass is 250 g/mol. The van der Waals surface area contributed by atoms with Crippen LogP contribution < -0.4 is 11.1 Å². The second-order valence-corrected chi connectivity index (χ2v) is 5.94. The van der Waals surface area contributed by atoms with Crippen molar-refractivity contribution < 1.29 is 0 Å². The van der Waals surface area contributed by atoms with E-state index in [0.717, 1.165) is 6.54 Å². The minimum Gasteiger partial charge on any atom is -0.330 e. The van der Waals surface area contributed by atoms with Crippen molar-refractivity contribution in [3.05, 3.63) is 29.3 Å². The molecule has 0 saturated carbocycles. The zero-order chi connectivity index (χ0) is 12.3. The van der Waals surface area contributed by atoms with Crippen molar-refractivity contribution in [3.63, 3.8) is 0 Å². The predicted molar refractivity (Wildman–Crippen MR) is 75.5 cm³/mol. The fourth-order valence-corrected chi connectivity index (χ4v) is 3.51. The molecule has 0 fully saturated rings. The van der Waals surface area contributed by atoms with Crippen LogP contribution in [0.1, 0.15) is 30.5 Å². The van der Waals surface area contributed by atoms with Crippen molar-refractivity contribution in [3.8, 4) is 0 Å². The molecule has 1 aliphatic heterocycles. The highest BCUT2D eigenvalue weighted by Crippen LogP contribution is 2.32. The first-order chi connectivity index (χ1) is 8.26. The number of aryl methyl sites for hydroxylation is 1. The standard InChI is InChI=1S/C14H22N2S/c1-10(9-15)14(16-2)12-5-6-13-11(8-12)4-3-7-17-13/h5-6,8,10,14,16H,3-4,7,9,15H2,1-2H3. The summed E-state index contributed by atoms with van der Waals surface area (Å²) in [4.78, 5) is 1.47. The van der Waals surface area contributed by atoms with Crippen LogP contribution >= 0.6 is 11.8 Å². The lowest BCUT2D eigenvalue weighted by molar-refractivity contribution is 0.419. The molecule has 0 aromatic heterocycles. The van der Waals surface area contributed by atoms with Crippen molar-refractivity contribution >= 4 is 11.8 Å². The average Bonchev–Trinajstić information content (AvgIpc) is 2.39. The van der Waals surface area contributed by atoms with Gasteiger partial charge in [0, 0.05) is 10.9 Å². The van der Waals surface area contributed by atoms with E-state index in [0.29, 0.717) is 12.0 Å². The molecular formula is C14H22N2S. The Morgan fingerprint density at radius 3 is 3.00 bits per heavy atom. The van der Waals surface area contributed by atoms with E-state index in [4.69, 9.17) is 5.73 Å². The van der Waals surface area contributed by atoms with Gasteiger partial charge in [-0.05, 0) is 55.3 Å². The molecule has 0 amide bonds. The third-order valence-electron chi connectivity index (χ3n) is 3.54. The first-order valence-corrected chi connectivity index (χ1v) is 7.37. The lowest BCUT2D eigenvalue weighted by atomic mass is 9.93. The van der Waals surface area contributed by atoms with Crippen molar-refractivity contribution in [2.75, 3.05) is 19.3 Å². The van der Waals surface area contributed by atoms with E-state index >= 15 is 0 Å². The van der Waals surface area contributed by atoms with Gasteiger partial charge in [-0.2, -0.15) is 0 Å². The highest BCUT2D eigenvalue weighted by molar-refractivity contribution is 7.99. The SMILES string of the molecule is CNC(c1ccc2c(c1)CCCS2)C(C)CN. The zero-order valence-electron chi connectivity index (χ0n) is 10.7. The minimum absolute atomic E-state index is 0.372. The van der Waals surface area contributed by atoms with Crippen LogP contribution in [0.3, 0.4) is 0 Å². The maximum atomic E-state index is 5.78. The second kappa shape index (κ2) is 5.89. The summed E-state index contributed by atoms with van der Waals surface area (Å²) in [7, 11) is 2.02. The molecule has 0 spiro atoms. The Kier molecular flexibility index (Phi) is 4.48. The van der Waals surface area contributed by atoms with E-state index in [1.807, 2.05) is 18.8 Å². The third kappa shape index (κ3) is 2.84. The molecule has 2 rings (SSSR count). The number of nitrogens with two attached hydrogens (primary N) is 1. The quantitative estimate of drug-likeness (QED) is 0.862. The maximum Gasteiger partial charge on any atom is 0.0355 e. The van der Waals surface area contributed by atoms with Gasteiger partial charge in [0.25, 0.3) is 0 Å². The molecule has 1 aromatic carbocycles. The van der Waals surface area contributed by atoms with E-state index in [1.54, 1.807) is 0 Å². The molecule has 0 aliphatic carbocycles. The van der Waals surface area contributed by atoms with E-state index in [-0.39, 0.29) is 0 Å². The first kappa shape index (κ1) is 12.9. The third-order valence-corrected chi connectivity index (χ3v) is 4.75. The summed E-state index contributed by atoms with van der Waals surface area (Å²) in [6.45, 7) is 2.92. The van der Waals surface area contributed by atoms with Crippen LogP contribution in [0.15, 0.2) is 23.1 Å². The van der Waals surface area contributed by atoms with Gasteiger partial charge >= 0.3 is 0 Å². The van der Waals surface area contributed by atoms with Crippen molar-refractivity contribution in [1.82, 2.24) is 5.32 Å². The van der Waals surface area contributed by atoms with Crippen LogP contribution in [-0.4, -0.2) is 19.3 Å². The molecule has 2 unspecified atom stereocenters. The van der Waals surface area contributed by atoms with E-state index < -0.39 is 0 Å². The summed E-state index contributed by atoms with van der Waals surface area (Å²) >= 11 is 1.99. The smallest absolute Gasteiger partial charge is 0.0355 e. The highest BCUT2D eigenvalue weighted by atomic mass is 32.2. The topological polar surface area (TPSA) is 38.0 Å². The Morgan fingerprint density at radius 1 is 1.47 bits per heavy atom. The number of fused-ring (bicyclic) bond motifs is 1. The summed E-state index contributed by atoms with van der Waals surface area (Å²) < 4.78 is 0. The zero-order valence-corrected chi connectivity index (χ0v) is 11.5. The van der Waals surface area contributed by atoms with Crippen molar-refractivity contribution in [2.24, 2.45) is 11.7 Å². The normalized spacial score (nSPS) is 18.5. The Hall–Kier alpha value is -0.510. The van der Waals surface area contributed by atoms with Crippen LogP contribution in [0.5, 0.6) is 0 Å². The first-order valence-electron chi connectivity index (χ1n) is 6.39. The molecule has 0 bridgehead atoms. The van der Waals surface area contributed by atoms with Crippen LogP contribution in [-0.2, 0) is 6.42 Å². The fraction of sp³-hybridized carbons (Fsp3) is 0.571. The van der Waals surface area contributed by atoms with Gasteiger partial charge in [-0.3, -0.25) is 0 Å². The van der Waals surface area contributed by atoms with E-state index in [2.05, 4.69) is 30.4 Å². The van der Waals surface area contributed by atoms with Crippen LogP contribution in [0, 0.1) is 5.92 Å². The van der Waals surface area contributed by atoms with Crippen LogP contribution in [0.4, 0.5) is 0 Å². The highest BCUT2D eigenvalue weighted by Gasteiger charge is 2.18. The molecule has 1 aliphatic rings. The van der Waals surface area contributed by atoms with Gasteiger partial charge in [-0.15, -0.1) is 11.8 Å². The molecule has 0 saturated heterocycles. The lowest BCUT2D eigenvalue weighted by Gasteiger charge is -2.25. The van der Waals surface area contributed by atoms with Crippen LogP contribution in [0.2, 0.25) is 0 Å². The molecule has 2 nitrogen and oxygen atoms in total. The fourth-order valence-electron chi connectivity index (χ4n) is 2.49. The molecule has 1 aromatic rings. The Bertz CT molecular complexity index is 378. The molecule has 17 heavy (non-hydrogen) atoms. The Morgan fingerprint density at radius 2 is 2.29 bits per heavy atom. The predicted octanol–water partition coefficient (Wildman–Crippen LogP) is 2.58. The van der Waals surface area contributed by atoms with Gasteiger partial charge in [-0.25, -0.2) is 0 Å². The summed E-state index contributed by atoms with van der Waals surface area (Å²) in [5.41, 5.74) is 8.68. The van der Waals surface area contributed by atoms with Gasteiger partial charge in [0.05, 0.1) is 0 Å². The number of hydrogen-bond donors (Lipinski definition) is 2. The number of rotatable bonds is 4. The van der Waals surface area contributed by atoms with Gasteiger partial charge in [-0.1, -0.05) is 19.1 Å². The number of benzene rings is 1. The van der Waals surface area contributed by atoms with E-state index in [1.165, 1.54) is 34.6 Å². The minimum atomic E-state index is 0.372. The number of hydrogen-bond acceptors (Lipinski definition) is 3. The molecule has 3 heteroatoms. The van der Waals surface area contributed by atoms with Gasteiger partial charge < -0.3 is 11.1 Å². The summed E-state index contributed by atoms with van der Waals surface area (Å²) in [5.74, 6) is 1.73. The summed E-state index contributed by atoms with van der Waals surface area (Å²) in [5, 5.41) is 3.39. The summed E-state index contributed by atoms with van der Waals surface area (Å²) in [6.07, 6.45) is 2.53. The molecular weight excluding hydrogens is 228 g/mol. The van der Waals surface area contributed by atoms with Gasteiger partial charge in [0.1, 0.15) is 0 Å². The van der Waals surface area contributed by atoms with Crippen molar-refractivity contribution in [2.45, 2.75) is 30.7 Å². The lowest BCUT2D eigenvalue weighted by Crippen LogP contribution is -2.28. The Balaban J connectivity index is 2.25. The number of nitrogens with one attached hydrogen (secondary N) is 1. The van der Waals surface area contributed by atoms with Gasteiger partial charge in [0.15, 0.2) is 0 Å². The molecule has 94 valence electrons. The maximum absolute atomic E-state index is 5.78. The molecule has 2 atom stereocenters.